The summed E-state index contributed by atoms with van der Waals surface area (Å²) in [5.41, 5.74) is 1.69. The SMILES string of the molecule is S=c1nc(-c2ccc(Cl)cc2)cn[nH]1. The molecule has 0 fully saturated rings. The molecule has 2 rings (SSSR count). The molecule has 0 saturated heterocycles. The number of aromatic amines is 1. The molecule has 2 aromatic rings. The zero-order valence-corrected chi connectivity index (χ0v) is 8.64. The van der Waals surface area contributed by atoms with Gasteiger partial charge in [-0.15, -0.1) is 0 Å². The highest BCUT2D eigenvalue weighted by Crippen LogP contribution is 2.17. The molecule has 0 aliphatic heterocycles. The number of hydrogen-bond acceptors (Lipinski definition) is 3. The Morgan fingerprint density at radius 1 is 1.21 bits per heavy atom. The largest absolute Gasteiger partial charge is 0.252 e. The van der Waals surface area contributed by atoms with Gasteiger partial charge >= 0.3 is 0 Å². The van der Waals surface area contributed by atoms with Crippen molar-refractivity contribution in [2.75, 3.05) is 0 Å². The molecule has 0 atom stereocenters. The molecule has 0 bridgehead atoms. The van der Waals surface area contributed by atoms with Crippen LogP contribution in [0.15, 0.2) is 30.5 Å². The maximum Gasteiger partial charge on any atom is 0.214 e. The summed E-state index contributed by atoms with van der Waals surface area (Å²) in [7, 11) is 0. The molecule has 1 aromatic carbocycles. The van der Waals surface area contributed by atoms with Gasteiger partial charge in [-0.05, 0) is 24.4 Å². The van der Waals surface area contributed by atoms with Crippen LogP contribution in [-0.4, -0.2) is 15.2 Å². The fraction of sp³-hybridized carbons (Fsp3) is 0. The summed E-state index contributed by atoms with van der Waals surface area (Å²) in [5.74, 6) is 0. The highest BCUT2D eigenvalue weighted by atomic mass is 35.5. The van der Waals surface area contributed by atoms with Crippen LogP contribution in [0, 0.1) is 4.77 Å². The lowest BCUT2D eigenvalue weighted by Crippen LogP contribution is -1.89. The zero-order chi connectivity index (χ0) is 9.97. The minimum absolute atomic E-state index is 0.373. The van der Waals surface area contributed by atoms with Crippen molar-refractivity contribution in [2.24, 2.45) is 0 Å². The fourth-order valence-corrected chi connectivity index (χ4v) is 1.35. The summed E-state index contributed by atoms with van der Waals surface area (Å²) < 4.78 is 0.373. The van der Waals surface area contributed by atoms with Crippen LogP contribution in [0.25, 0.3) is 11.3 Å². The van der Waals surface area contributed by atoms with Crippen molar-refractivity contribution in [3.05, 3.63) is 40.3 Å². The van der Waals surface area contributed by atoms with Crippen LogP contribution >= 0.6 is 23.8 Å². The van der Waals surface area contributed by atoms with Crippen molar-refractivity contribution in [2.45, 2.75) is 0 Å². The first kappa shape index (κ1) is 9.30. The third-order valence-corrected chi connectivity index (χ3v) is 2.14. The standard InChI is InChI=1S/C9H6ClN3S/c10-7-3-1-6(2-4-7)8-5-11-13-9(14)12-8/h1-5H,(H,12,13,14). The number of aromatic nitrogens is 3. The highest BCUT2D eigenvalue weighted by molar-refractivity contribution is 7.71. The molecule has 1 heterocycles. The second kappa shape index (κ2) is 3.86. The molecule has 0 amide bonds. The van der Waals surface area contributed by atoms with Gasteiger partial charge in [-0.3, -0.25) is 5.10 Å². The molecule has 0 unspecified atom stereocenters. The van der Waals surface area contributed by atoms with Gasteiger partial charge in [0.05, 0.1) is 11.9 Å². The molecule has 0 aliphatic carbocycles. The third-order valence-electron chi connectivity index (χ3n) is 1.71. The smallest absolute Gasteiger partial charge is 0.214 e. The molecule has 3 nitrogen and oxygen atoms in total. The maximum atomic E-state index is 5.77. The number of hydrogen-bond donors (Lipinski definition) is 1. The summed E-state index contributed by atoms with van der Waals surface area (Å²) in [4.78, 5) is 4.13. The van der Waals surface area contributed by atoms with Crippen molar-refractivity contribution in [3.63, 3.8) is 0 Å². The average molecular weight is 224 g/mol. The molecule has 0 radical (unpaired) electrons. The first-order valence-corrected chi connectivity index (χ1v) is 4.72. The average Bonchev–Trinajstić information content (AvgIpc) is 2.19. The Bertz CT molecular complexity index is 492. The molecular formula is C9H6ClN3S. The predicted octanol–water partition coefficient (Wildman–Crippen LogP) is 2.85. The molecule has 1 N–H and O–H groups in total. The Morgan fingerprint density at radius 2 is 1.93 bits per heavy atom. The third kappa shape index (κ3) is 1.97. The summed E-state index contributed by atoms with van der Waals surface area (Å²) >= 11 is 10.6. The van der Waals surface area contributed by atoms with E-state index < -0.39 is 0 Å². The molecule has 0 saturated carbocycles. The van der Waals surface area contributed by atoms with E-state index in [-0.39, 0.29) is 0 Å². The monoisotopic (exact) mass is 223 g/mol. The Labute approximate surface area is 90.8 Å². The van der Waals surface area contributed by atoms with Crippen molar-refractivity contribution in [1.82, 2.24) is 15.2 Å². The van der Waals surface area contributed by atoms with Crippen molar-refractivity contribution in [1.29, 1.82) is 0 Å². The van der Waals surface area contributed by atoms with Crippen LogP contribution in [0.3, 0.4) is 0 Å². The quantitative estimate of drug-likeness (QED) is 0.756. The van der Waals surface area contributed by atoms with Crippen LogP contribution < -0.4 is 0 Å². The van der Waals surface area contributed by atoms with E-state index in [4.69, 9.17) is 23.8 Å². The van der Waals surface area contributed by atoms with E-state index in [2.05, 4.69) is 15.2 Å². The lowest BCUT2D eigenvalue weighted by atomic mass is 10.2. The van der Waals surface area contributed by atoms with Gasteiger partial charge in [-0.25, -0.2) is 4.98 Å². The van der Waals surface area contributed by atoms with Crippen LogP contribution in [0.5, 0.6) is 0 Å². The molecule has 14 heavy (non-hydrogen) atoms. The zero-order valence-electron chi connectivity index (χ0n) is 7.07. The Kier molecular flexibility index (Phi) is 2.56. The van der Waals surface area contributed by atoms with E-state index in [9.17, 15) is 0 Å². The molecule has 0 spiro atoms. The van der Waals surface area contributed by atoms with E-state index >= 15 is 0 Å². The van der Waals surface area contributed by atoms with Crippen LogP contribution in [-0.2, 0) is 0 Å². The first-order valence-electron chi connectivity index (χ1n) is 3.93. The Hall–Kier alpha value is -1.26. The summed E-state index contributed by atoms with van der Waals surface area (Å²) in [6.45, 7) is 0. The Morgan fingerprint density at radius 3 is 2.57 bits per heavy atom. The lowest BCUT2D eigenvalue weighted by molar-refractivity contribution is 0.953. The number of halogens is 1. The highest BCUT2D eigenvalue weighted by Gasteiger charge is 1.98. The second-order valence-corrected chi connectivity index (χ2v) is 3.50. The fourth-order valence-electron chi connectivity index (χ4n) is 1.07. The number of rotatable bonds is 1. The minimum atomic E-state index is 0.373. The summed E-state index contributed by atoms with van der Waals surface area (Å²) in [6.07, 6.45) is 1.62. The van der Waals surface area contributed by atoms with Gasteiger partial charge in [-0.2, -0.15) is 5.10 Å². The topological polar surface area (TPSA) is 41.6 Å². The van der Waals surface area contributed by atoms with Crippen LogP contribution in [0.4, 0.5) is 0 Å². The number of nitrogens with one attached hydrogen (secondary N) is 1. The molecular weight excluding hydrogens is 218 g/mol. The number of nitrogens with zero attached hydrogens (tertiary/aromatic N) is 2. The molecule has 0 aliphatic rings. The summed E-state index contributed by atoms with van der Waals surface area (Å²) in [6, 6.07) is 7.36. The molecule has 1 aromatic heterocycles. The lowest BCUT2D eigenvalue weighted by Gasteiger charge is -1.98. The van der Waals surface area contributed by atoms with Crippen LogP contribution in [0.2, 0.25) is 5.02 Å². The maximum absolute atomic E-state index is 5.77. The Balaban J connectivity index is 2.50. The number of H-pyrrole nitrogens is 1. The van der Waals surface area contributed by atoms with Gasteiger partial charge in [0.2, 0.25) is 4.77 Å². The summed E-state index contributed by atoms with van der Waals surface area (Å²) in [5, 5.41) is 7.14. The van der Waals surface area contributed by atoms with Crippen LogP contribution in [0.1, 0.15) is 0 Å². The van der Waals surface area contributed by atoms with Crippen molar-refractivity contribution in [3.8, 4) is 11.3 Å². The first-order chi connectivity index (χ1) is 6.75. The van der Waals surface area contributed by atoms with E-state index in [1.807, 2.05) is 12.1 Å². The van der Waals surface area contributed by atoms with Gasteiger partial charge in [0.15, 0.2) is 0 Å². The van der Waals surface area contributed by atoms with Crippen molar-refractivity contribution < 1.29 is 0 Å². The van der Waals surface area contributed by atoms with Gasteiger partial charge in [0.1, 0.15) is 0 Å². The molecule has 5 heteroatoms. The normalized spacial score (nSPS) is 10.1. The molecule has 70 valence electrons. The van der Waals surface area contributed by atoms with E-state index in [0.29, 0.717) is 9.79 Å². The van der Waals surface area contributed by atoms with Gasteiger partial charge < -0.3 is 0 Å². The number of benzene rings is 1. The van der Waals surface area contributed by atoms with Gasteiger partial charge in [0, 0.05) is 10.6 Å². The van der Waals surface area contributed by atoms with E-state index in [0.717, 1.165) is 11.3 Å². The van der Waals surface area contributed by atoms with E-state index in [1.165, 1.54) is 0 Å². The van der Waals surface area contributed by atoms with E-state index in [1.54, 1.807) is 18.3 Å². The van der Waals surface area contributed by atoms with Gasteiger partial charge in [-0.1, -0.05) is 23.7 Å². The van der Waals surface area contributed by atoms with Gasteiger partial charge in [0.25, 0.3) is 0 Å². The van der Waals surface area contributed by atoms with Crippen molar-refractivity contribution >= 4 is 23.8 Å². The second-order valence-electron chi connectivity index (χ2n) is 2.68. The predicted molar refractivity (Wildman–Crippen MR) is 57.7 cm³/mol. The minimum Gasteiger partial charge on any atom is -0.252 e.